The van der Waals surface area contributed by atoms with Gasteiger partial charge in [-0.25, -0.2) is 8.78 Å². The molecule has 0 radical (unpaired) electrons. The molecule has 4 aromatic carbocycles. The van der Waals surface area contributed by atoms with Gasteiger partial charge in [0.2, 0.25) is 0 Å². The van der Waals surface area contributed by atoms with Crippen LogP contribution in [0.15, 0.2) is 60.7 Å². The van der Waals surface area contributed by atoms with Gasteiger partial charge in [-0.1, -0.05) is 74.4 Å². The van der Waals surface area contributed by atoms with Gasteiger partial charge >= 0.3 is 6.18 Å². The zero-order chi connectivity index (χ0) is 24.3. The van der Waals surface area contributed by atoms with Crippen molar-refractivity contribution in [3.63, 3.8) is 0 Å². The van der Waals surface area contributed by atoms with E-state index in [1.807, 2.05) is 18.2 Å². The molecular weight excluding hydrogens is 443 g/mol. The quantitative estimate of drug-likeness (QED) is 0.119. The second-order valence-corrected chi connectivity index (χ2v) is 8.43. The summed E-state index contributed by atoms with van der Waals surface area (Å²) < 4.78 is 65.8. The smallest absolute Gasteiger partial charge is 0.206 e. The first-order chi connectivity index (χ1) is 16.3. The van der Waals surface area contributed by atoms with E-state index >= 15 is 0 Å². The number of hydrogen-bond acceptors (Lipinski definition) is 0. The highest BCUT2D eigenvalue weighted by Gasteiger charge is 2.37. The average Bonchev–Trinajstić information content (AvgIpc) is 2.78. The Morgan fingerprint density at radius 1 is 0.676 bits per heavy atom. The Morgan fingerprint density at radius 3 is 1.94 bits per heavy atom. The van der Waals surface area contributed by atoms with Crippen molar-refractivity contribution in [3.8, 4) is 11.8 Å². The Kier molecular flexibility index (Phi) is 6.88. The molecule has 34 heavy (non-hydrogen) atoms. The summed E-state index contributed by atoms with van der Waals surface area (Å²) >= 11 is 0. The fourth-order valence-electron chi connectivity index (χ4n) is 4.17. The highest BCUT2D eigenvalue weighted by Crippen LogP contribution is 2.34. The molecule has 0 spiro atoms. The monoisotopic (exact) mass is 466 g/mol. The van der Waals surface area contributed by atoms with Gasteiger partial charge in [0, 0.05) is 11.1 Å². The Hall–Kier alpha value is -3.39. The molecule has 5 heteroatoms. The Balaban J connectivity index is 1.60. The van der Waals surface area contributed by atoms with Crippen LogP contribution in [0.4, 0.5) is 22.0 Å². The maximum absolute atomic E-state index is 13.8. The largest absolute Gasteiger partial charge is 0.422 e. The van der Waals surface area contributed by atoms with Gasteiger partial charge in [0.15, 0.2) is 0 Å². The van der Waals surface area contributed by atoms with Gasteiger partial charge in [0.1, 0.15) is 17.2 Å². The van der Waals surface area contributed by atoms with Gasteiger partial charge < -0.3 is 0 Å². The van der Waals surface area contributed by atoms with Crippen molar-refractivity contribution in [2.24, 2.45) is 0 Å². The highest BCUT2D eigenvalue weighted by atomic mass is 19.4. The summed E-state index contributed by atoms with van der Waals surface area (Å²) in [6, 6.07) is 17.4. The minimum absolute atomic E-state index is 0.159. The van der Waals surface area contributed by atoms with E-state index in [9.17, 15) is 22.0 Å². The van der Waals surface area contributed by atoms with Crippen LogP contribution in [0, 0.1) is 23.5 Å². The van der Waals surface area contributed by atoms with Crippen molar-refractivity contribution >= 4 is 21.5 Å². The second-order valence-electron chi connectivity index (χ2n) is 8.43. The van der Waals surface area contributed by atoms with Gasteiger partial charge in [-0.2, -0.15) is 13.2 Å². The first-order valence-electron chi connectivity index (χ1n) is 11.3. The normalized spacial score (nSPS) is 11.6. The summed E-state index contributed by atoms with van der Waals surface area (Å²) in [5.74, 6) is 2.00. The number of halogens is 5. The third-order valence-corrected chi connectivity index (χ3v) is 5.90. The number of alkyl halides is 3. The molecule has 4 aromatic rings. The van der Waals surface area contributed by atoms with Crippen LogP contribution in [-0.2, 0) is 12.6 Å². The van der Waals surface area contributed by atoms with Gasteiger partial charge in [-0.3, -0.25) is 0 Å². The van der Waals surface area contributed by atoms with Crippen molar-refractivity contribution in [2.45, 2.75) is 45.2 Å². The zero-order valence-corrected chi connectivity index (χ0v) is 18.7. The van der Waals surface area contributed by atoms with Crippen LogP contribution in [0.25, 0.3) is 21.5 Å². The van der Waals surface area contributed by atoms with Crippen LogP contribution < -0.4 is 0 Å². The van der Waals surface area contributed by atoms with Gasteiger partial charge in [0.25, 0.3) is 0 Å². The Morgan fingerprint density at radius 2 is 1.29 bits per heavy atom. The molecule has 174 valence electrons. The molecule has 0 heterocycles. The standard InChI is InChI=1S/C29H23F5/c1-2-3-4-5-6-19-9-13-24-22(15-19)11-12-23-16-20(10-14-25(23)24)7-8-21-17-26(30)28(27(31)18-21)29(32,33)34/h9-18H,2-6H2,1H3. The van der Waals surface area contributed by atoms with Gasteiger partial charge in [0.05, 0.1) is 0 Å². The number of rotatable bonds is 5. The summed E-state index contributed by atoms with van der Waals surface area (Å²) in [6.07, 6.45) is 0.856. The summed E-state index contributed by atoms with van der Waals surface area (Å²) in [4.78, 5) is 0. The maximum atomic E-state index is 13.8. The Labute approximate surface area is 195 Å². The van der Waals surface area contributed by atoms with Gasteiger partial charge in [-0.15, -0.1) is 0 Å². The van der Waals surface area contributed by atoms with Crippen LogP contribution in [0.5, 0.6) is 0 Å². The first-order valence-corrected chi connectivity index (χ1v) is 11.3. The van der Waals surface area contributed by atoms with Crippen molar-refractivity contribution in [3.05, 3.63) is 94.6 Å². The molecule has 0 saturated carbocycles. The lowest BCUT2D eigenvalue weighted by Crippen LogP contribution is -2.11. The lowest BCUT2D eigenvalue weighted by atomic mass is 9.97. The fraction of sp³-hybridized carbons (Fsp3) is 0.241. The number of unbranched alkanes of at least 4 members (excludes halogenated alkanes) is 3. The van der Waals surface area contributed by atoms with E-state index in [2.05, 4.69) is 43.0 Å². The summed E-state index contributed by atoms with van der Waals surface area (Å²) in [6.45, 7) is 2.20. The molecule has 0 fully saturated rings. The highest BCUT2D eigenvalue weighted by molar-refractivity contribution is 6.07. The lowest BCUT2D eigenvalue weighted by Gasteiger charge is -2.09. The molecule has 0 aliphatic rings. The third kappa shape index (κ3) is 5.22. The van der Waals surface area contributed by atoms with Crippen molar-refractivity contribution in [1.29, 1.82) is 0 Å². The van der Waals surface area contributed by atoms with Gasteiger partial charge in [-0.05, 0) is 64.2 Å². The summed E-state index contributed by atoms with van der Waals surface area (Å²) in [5.41, 5.74) is -0.144. The molecule has 0 amide bonds. The molecule has 0 aliphatic carbocycles. The fourth-order valence-corrected chi connectivity index (χ4v) is 4.17. The molecule has 0 nitrogen and oxygen atoms in total. The predicted octanol–water partition coefficient (Wildman–Crippen LogP) is 8.81. The van der Waals surface area contributed by atoms with Crippen LogP contribution in [-0.4, -0.2) is 0 Å². The molecule has 0 aliphatic heterocycles. The van der Waals surface area contributed by atoms with E-state index in [1.54, 1.807) is 6.07 Å². The van der Waals surface area contributed by atoms with Crippen LogP contribution in [0.3, 0.4) is 0 Å². The molecule has 0 aromatic heterocycles. The molecule has 0 unspecified atom stereocenters. The molecule has 0 atom stereocenters. The van der Waals surface area contributed by atoms with Crippen molar-refractivity contribution in [2.75, 3.05) is 0 Å². The van der Waals surface area contributed by atoms with E-state index < -0.39 is 23.4 Å². The average molecular weight is 466 g/mol. The SMILES string of the molecule is CCCCCCc1ccc2c(ccc3cc(C#Cc4cc(F)c(C(F)(F)F)c(F)c4)ccc32)c1. The summed E-state index contributed by atoms with van der Waals surface area (Å²) in [7, 11) is 0. The number of aryl methyl sites for hydroxylation is 1. The molecule has 4 rings (SSSR count). The molecule has 0 bridgehead atoms. The van der Waals surface area contributed by atoms with Crippen LogP contribution >= 0.6 is 0 Å². The molecule has 0 saturated heterocycles. The van der Waals surface area contributed by atoms with Crippen LogP contribution in [0.2, 0.25) is 0 Å². The maximum Gasteiger partial charge on any atom is 0.422 e. The molecule has 0 N–H and O–H groups in total. The lowest BCUT2D eigenvalue weighted by molar-refractivity contribution is -0.142. The number of benzene rings is 4. The van der Waals surface area contributed by atoms with Crippen molar-refractivity contribution < 1.29 is 22.0 Å². The third-order valence-electron chi connectivity index (χ3n) is 5.90. The number of fused-ring (bicyclic) bond motifs is 3. The summed E-state index contributed by atoms with van der Waals surface area (Å²) in [5, 5.41) is 4.31. The van der Waals surface area contributed by atoms with E-state index in [0.29, 0.717) is 17.7 Å². The van der Waals surface area contributed by atoms with Crippen LogP contribution in [0.1, 0.15) is 54.9 Å². The van der Waals surface area contributed by atoms with E-state index in [-0.39, 0.29) is 5.56 Å². The van der Waals surface area contributed by atoms with Crippen molar-refractivity contribution in [1.82, 2.24) is 0 Å². The Bertz CT molecular complexity index is 1380. The van der Waals surface area contributed by atoms with E-state index in [0.717, 1.165) is 28.0 Å². The molecular formula is C29H23F5. The van der Waals surface area contributed by atoms with E-state index in [4.69, 9.17) is 0 Å². The second kappa shape index (κ2) is 9.85. The number of hydrogen-bond donors (Lipinski definition) is 0. The topological polar surface area (TPSA) is 0 Å². The van der Waals surface area contributed by atoms with E-state index in [1.165, 1.54) is 31.2 Å². The minimum Gasteiger partial charge on any atom is -0.206 e. The minimum atomic E-state index is -5.10. The zero-order valence-electron chi connectivity index (χ0n) is 18.7. The predicted molar refractivity (Wildman–Crippen MR) is 127 cm³/mol. The first kappa shape index (κ1) is 23.8.